The lowest BCUT2D eigenvalue weighted by atomic mass is 10.2. The third-order valence-electron chi connectivity index (χ3n) is 2.96. The molecule has 0 aliphatic heterocycles. The Morgan fingerprint density at radius 1 is 1.29 bits per heavy atom. The first-order chi connectivity index (χ1) is 9.92. The Hall–Kier alpha value is -1.50. The summed E-state index contributed by atoms with van der Waals surface area (Å²) < 4.78 is 27.2. The lowest BCUT2D eigenvalue weighted by molar-refractivity contribution is 0.601. The van der Waals surface area contributed by atoms with Gasteiger partial charge in [0.1, 0.15) is 4.90 Å². The van der Waals surface area contributed by atoms with Crippen LogP contribution in [0.3, 0.4) is 0 Å². The third-order valence-corrected chi connectivity index (χ3v) is 4.63. The molecule has 0 saturated carbocycles. The van der Waals surface area contributed by atoms with E-state index in [4.69, 9.17) is 11.6 Å². The van der Waals surface area contributed by atoms with Crippen LogP contribution in [0.5, 0.6) is 0 Å². The Labute approximate surface area is 129 Å². The largest absolute Gasteiger partial charge is 0.363 e. The van der Waals surface area contributed by atoms with Crippen LogP contribution in [0, 0.1) is 6.92 Å². The monoisotopic (exact) mass is 327 g/mol. The molecule has 0 radical (unpaired) electrons. The quantitative estimate of drug-likeness (QED) is 0.763. The van der Waals surface area contributed by atoms with Crippen LogP contribution in [-0.2, 0) is 16.6 Å². The van der Waals surface area contributed by atoms with Crippen molar-refractivity contribution in [1.82, 2.24) is 10.3 Å². The number of hydrogen-bond acceptors (Lipinski definition) is 3. The van der Waals surface area contributed by atoms with Gasteiger partial charge in [0.25, 0.3) is 10.0 Å². The van der Waals surface area contributed by atoms with Gasteiger partial charge >= 0.3 is 0 Å². The van der Waals surface area contributed by atoms with Crippen molar-refractivity contribution in [3.8, 4) is 0 Å². The summed E-state index contributed by atoms with van der Waals surface area (Å²) in [6.07, 6.45) is 1.47. The number of aryl methyl sites for hydroxylation is 1. The van der Waals surface area contributed by atoms with Gasteiger partial charge in [0.2, 0.25) is 0 Å². The number of benzene rings is 1. The highest BCUT2D eigenvalue weighted by Gasteiger charge is 2.17. The van der Waals surface area contributed by atoms with Crippen molar-refractivity contribution in [2.75, 3.05) is 11.3 Å². The molecule has 114 valence electrons. The van der Waals surface area contributed by atoms with E-state index in [0.717, 1.165) is 17.8 Å². The zero-order valence-electron chi connectivity index (χ0n) is 11.9. The van der Waals surface area contributed by atoms with Gasteiger partial charge in [-0.2, -0.15) is 0 Å². The fraction of sp³-hybridized carbons (Fsp3) is 0.286. The fourth-order valence-corrected chi connectivity index (χ4v) is 3.17. The molecule has 0 aliphatic carbocycles. The summed E-state index contributed by atoms with van der Waals surface area (Å²) in [7, 11) is -3.65. The number of nitrogens with one attached hydrogen (secondary N) is 3. The van der Waals surface area contributed by atoms with E-state index in [0.29, 0.717) is 17.3 Å². The molecule has 1 aromatic heterocycles. The molecule has 21 heavy (non-hydrogen) atoms. The highest BCUT2D eigenvalue weighted by atomic mass is 35.5. The molecule has 7 heteroatoms. The molecule has 0 amide bonds. The van der Waals surface area contributed by atoms with Crippen molar-refractivity contribution in [3.63, 3.8) is 0 Å². The Bertz CT molecular complexity index is 726. The first-order valence-electron chi connectivity index (χ1n) is 6.59. The summed E-state index contributed by atoms with van der Waals surface area (Å²) >= 11 is 6.02. The van der Waals surface area contributed by atoms with Crippen LogP contribution in [0.2, 0.25) is 5.02 Å². The van der Waals surface area contributed by atoms with Gasteiger partial charge in [-0.3, -0.25) is 4.72 Å². The standard InChI is InChI=1S/C14H18ClN3O2S/c1-3-16-8-11-7-12(9-17-11)21(19,20)18-14-6-10(2)4-5-13(14)15/h4-7,9,16-18H,3,8H2,1-2H3. The first kappa shape index (κ1) is 15.9. The summed E-state index contributed by atoms with van der Waals surface area (Å²) in [5, 5.41) is 3.50. The molecular weight excluding hydrogens is 310 g/mol. The minimum absolute atomic E-state index is 0.188. The van der Waals surface area contributed by atoms with Crippen LogP contribution in [0.25, 0.3) is 0 Å². The lowest BCUT2D eigenvalue weighted by Crippen LogP contribution is -2.13. The SMILES string of the molecule is CCNCc1cc(S(=O)(=O)Nc2cc(C)ccc2Cl)c[nH]1. The van der Waals surface area contributed by atoms with Crippen molar-refractivity contribution in [3.05, 3.63) is 46.7 Å². The van der Waals surface area contributed by atoms with E-state index < -0.39 is 10.0 Å². The smallest absolute Gasteiger partial charge is 0.263 e. The molecule has 2 aromatic rings. The zero-order valence-corrected chi connectivity index (χ0v) is 13.5. The molecule has 0 aliphatic rings. The van der Waals surface area contributed by atoms with Crippen LogP contribution in [0.15, 0.2) is 35.4 Å². The van der Waals surface area contributed by atoms with Crippen LogP contribution in [-0.4, -0.2) is 19.9 Å². The second kappa shape index (κ2) is 6.51. The topological polar surface area (TPSA) is 74.0 Å². The Morgan fingerprint density at radius 2 is 2.05 bits per heavy atom. The number of aromatic nitrogens is 1. The lowest BCUT2D eigenvalue weighted by Gasteiger charge is -2.09. The summed E-state index contributed by atoms with van der Waals surface area (Å²) in [5.74, 6) is 0. The molecule has 0 atom stereocenters. The van der Waals surface area contributed by atoms with Crippen molar-refractivity contribution in [1.29, 1.82) is 0 Å². The molecule has 1 heterocycles. The van der Waals surface area contributed by atoms with Crippen LogP contribution < -0.4 is 10.0 Å². The minimum Gasteiger partial charge on any atom is -0.363 e. The molecule has 0 fully saturated rings. The van der Waals surface area contributed by atoms with E-state index in [-0.39, 0.29) is 4.90 Å². The fourth-order valence-electron chi connectivity index (χ4n) is 1.86. The van der Waals surface area contributed by atoms with Crippen LogP contribution in [0.4, 0.5) is 5.69 Å². The van der Waals surface area contributed by atoms with Gasteiger partial charge in [0.15, 0.2) is 0 Å². The van der Waals surface area contributed by atoms with Crippen molar-refractivity contribution in [2.45, 2.75) is 25.3 Å². The molecule has 0 spiro atoms. The summed E-state index contributed by atoms with van der Waals surface area (Å²) in [6.45, 7) is 5.27. The highest BCUT2D eigenvalue weighted by Crippen LogP contribution is 2.25. The average molecular weight is 328 g/mol. The van der Waals surface area contributed by atoms with Gasteiger partial charge in [-0.1, -0.05) is 24.6 Å². The number of H-pyrrole nitrogens is 1. The summed E-state index contributed by atoms with van der Waals surface area (Å²) in [4.78, 5) is 3.13. The minimum atomic E-state index is -3.65. The molecule has 3 N–H and O–H groups in total. The number of aromatic amines is 1. The summed E-state index contributed by atoms with van der Waals surface area (Å²) in [5.41, 5.74) is 2.12. The predicted octanol–water partition coefficient (Wildman–Crippen LogP) is 2.89. The number of hydrogen-bond donors (Lipinski definition) is 3. The average Bonchev–Trinajstić information content (AvgIpc) is 2.90. The van der Waals surface area contributed by atoms with Gasteiger partial charge in [-0.05, 0) is 37.2 Å². The Morgan fingerprint density at radius 3 is 2.76 bits per heavy atom. The highest BCUT2D eigenvalue weighted by molar-refractivity contribution is 7.92. The number of halogens is 1. The summed E-state index contributed by atoms with van der Waals surface area (Å²) in [6, 6.07) is 6.80. The van der Waals surface area contributed by atoms with E-state index in [9.17, 15) is 8.42 Å². The molecular formula is C14H18ClN3O2S. The molecule has 0 saturated heterocycles. The van der Waals surface area contributed by atoms with Crippen LogP contribution >= 0.6 is 11.6 Å². The van der Waals surface area contributed by atoms with Crippen molar-refractivity contribution < 1.29 is 8.42 Å². The van der Waals surface area contributed by atoms with Crippen LogP contribution in [0.1, 0.15) is 18.2 Å². The van der Waals surface area contributed by atoms with Gasteiger partial charge in [0, 0.05) is 18.4 Å². The second-order valence-electron chi connectivity index (χ2n) is 4.73. The van der Waals surface area contributed by atoms with E-state index in [1.165, 1.54) is 6.20 Å². The van der Waals surface area contributed by atoms with E-state index in [1.54, 1.807) is 18.2 Å². The number of anilines is 1. The van der Waals surface area contributed by atoms with Crippen molar-refractivity contribution >= 4 is 27.3 Å². The molecule has 1 aromatic carbocycles. The maximum Gasteiger partial charge on any atom is 0.263 e. The number of sulfonamides is 1. The second-order valence-corrected chi connectivity index (χ2v) is 6.82. The molecule has 5 nitrogen and oxygen atoms in total. The Kier molecular flexibility index (Phi) is 4.92. The van der Waals surface area contributed by atoms with Gasteiger partial charge in [0.05, 0.1) is 10.7 Å². The predicted molar refractivity (Wildman–Crippen MR) is 85.2 cm³/mol. The van der Waals surface area contributed by atoms with Gasteiger partial charge < -0.3 is 10.3 Å². The zero-order chi connectivity index (χ0) is 15.5. The third kappa shape index (κ3) is 4.00. The first-order valence-corrected chi connectivity index (χ1v) is 8.45. The molecule has 0 bridgehead atoms. The molecule has 0 unspecified atom stereocenters. The maximum atomic E-state index is 12.3. The van der Waals surface area contributed by atoms with Crippen molar-refractivity contribution in [2.24, 2.45) is 0 Å². The van der Waals surface area contributed by atoms with Gasteiger partial charge in [-0.25, -0.2) is 8.42 Å². The van der Waals surface area contributed by atoms with E-state index in [2.05, 4.69) is 15.0 Å². The Balaban J connectivity index is 2.22. The van der Waals surface area contributed by atoms with Gasteiger partial charge in [-0.15, -0.1) is 0 Å². The maximum absolute atomic E-state index is 12.3. The van der Waals surface area contributed by atoms with E-state index in [1.807, 2.05) is 19.9 Å². The normalized spacial score (nSPS) is 11.6. The number of rotatable bonds is 6. The van der Waals surface area contributed by atoms with E-state index >= 15 is 0 Å². The molecule has 2 rings (SSSR count).